The molecule has 0 aromatic heterocycles. The molecule has 606 valence electrons. The van der Waals surface area contributed by atoms with E-state index in [0.717, 1.165) is 102 Å². The van der Waals surface area contributed by atoms with Crippen LogP contribution in [0.2, 0.25) is 0 Å². The average Bonchev–Trinajstić information content (AvgIpc) is 0.920. The van der Waals surface area contributed by atoms with E-state index in [1.165, 1.54) is 250 Å². The Balaban J connectivity index is 5.22. The Kier molecular flexibility index (Phi) is 73.1. The van der Waals surface area contributed by atoms with Gasteiger partial charge in [-0.15, -0.1) is 0 Å². The zero-order valence-electron chi connectivity index (χ0n) is 66.9. The van der Waals surface area contributed by atoms with Gasteiger partial charge in [-0.2, -0.15) is 0 Å². The molecule has 0 rings (SSSR count). The Bertz CT molecular complexity index is 1960. The summed E-state index contributed by atoms with van der Waals surface area (Å²) < 4.78 is 68.8. The van der Waals surface area contributed by atoms with Crippen molar-refractivity contribution < 1.29 is 80.2 Å². The van der Waals surface area contributed by atoms with E-state index in [1.807, 2.05) is 0 Å². The van der Waals surface area contributed by atoms with Crippen LogP contribution < -0.4 is 0 Å². The van der Waals surface area contributed by atoms with Crippen LogP contribution in [0.4, 0.5) is 0 Å². The maximum absolute atomic E-state index is 13.1. The summed E-state index contributed by atoms with van der Waals surface area (Å²) in [6.45, 7) is 9.58. The van der Waals surface area contributed by atoms with Gasteiger partial charge in [-0.3, -0.25) is 37.3 Å². The van der Waals surface area contributed by atoms with Crippen molar-refractivity contribution in [2.45, 2.75) is 458 Å². The number of carbonyl (C=O) groups is 4. The lowest BCUT2D eigenvalue weighted by Crippen LogP contribution is -2.30. The number of aliphatic hydroxyl groups excluding tert-OH is 1. The van der Waals surface area contributed by atoms with Gasteiger partial charge >= 0.3 is 39.5 Å². The maximum Gasteiger partial charge on any atom is 0.472 e. The zero-order valence-corrected chi connectivity index (χ0v) is 68.7. The molecule has 0 bridgehead atoms. The maximum atomic E-state index is 13.1. The molecule has 0 radical (unpaired) electrons. The molecule has 0 fully saturated rings. The number of aliphatic hydroxyl groups is 1. The van der Waals surface area contributed by atoms with E-state index in [-0.39, 0.29) is 25.7 Å². The van der Waals surface area contributed by atoms with Crippen LogP contribution in [0, 0.1) is 11.8 Å². The van der Waals surface area contributed by atoms with Gasteiger partial charge < -0.3 is 33.8 Å². The number of rotatable bonds is 82. The smallest absolute Gasteiger partial charge is 0.462 e. The SMILES string of the molecule is CCCCCCCCCCCCCCCCCCCCCCCC(=O)O[C@H](COC(=O)CCCCCCCCCCCCCCCCCCCC)COP(=O)(O)OC[C@@H](O)COP(=O)(O)OC[C@@H](COC(=O)CCCCCCCCCC(C)C)OC(=O)CCCCCCCCCCCCC(C)C. The highest BCUT2D eigenvalue weighted by Crippen LogP contribution is 2.45. The third kappa shape index (κ3) is 76.3. The van der Waals surface area contributed by atoms with Crippen LogP contribution in [0.25, 0.3) is 0 Å². The van der Waals surface area contributed by atoms with Crippen LogP contribution in [-0.4, -0.2) is 96.7 Å². The minimum Gasteiger partial charge on any atom is -0.462 e. The number of unbranched alkanes of at least 4 members (excludes halogenated alkanes) is 52. The fraction of sp³-hybridized carbons (Fsp3) is 0.952. The fourth-order valence-corrected chi connectivity index (χ4v) is 14.5. The predicted molar refractivity (Wildman–Crippen MR) is 418 cm³/mol. The first-order chi connectivity index (χ1) is 49.4. The number of hydrogen-bond donors (Lipinski definition) is 3. The molecule has 0 aromatic carbocycles. The van der Waals surface area contributed by atoms with Crippen molar-refractivity contribution in [2.75, 3.05) is 39.6 Å². The third-order valence-electron chi connectivity index (χ3n) is 19.5. The summed E-state index contributed by atoms with van der Waals surface area (Å²) in [6.07, 6.45) is 65.5. The molecule has 5 atom stereocenters. The van der Waals surface area contributed by atoms with E-state index in [4.69, 9.17) is 37.0 Å². The molecule has 0 amide bonds. The van der Waals surface area contributed by atoms with Gasteiger partial charge in [0, 0.05) is 25.7 Å². The summed E-state index contributed by atoms with van der Waals surface area (Å²) in [6, 6.07) is 0. The molecule has 0 aliphatic carbocycles. The van der Waals surface area contributed by atoms with Gasteiger partial charge in [-0.1, -0.05) is 388 Å². The quantitative estimate of drug-likeness (QED) is 0.0222. The van der Waals surface area contributed by atoms with Gasteiger partial charge in [0.05, 0.1) is 26.4 Å². The summed E-state index contributed by atoms with van der Waals surface area (Å²) >= 11 is 0. The molecule has 0 aliphatic heterocycles. The molecule has 0 saturated heterocycles. The van der Waals surface area contributed by atoms with Crippen LogP contribution in [0.1, 0.15) is 440 Å². The Hall–Kier alpha value is -1.94. The molecule has 17 nitrogen and oxygen atoms in total. The largest absolute Gasteiger partial charge is 0.472 e. The van der Waals surface area contributed by atoms with Gasteiger partial charge in [0.1, 0.15) is 19.3 Å². The first kappa shape index (κ1) is 100. The number of esters is 4. The molecule has 2 unspecified atom stereocenters. The Morgan fingerprint density at radius 1 is 0.265 bits per heavy atom. The monoisotopic (exact) mass is 1490 g/mol. The second-order valence-electron chi connectivity index (χ2n) is 30.8. The van der Waals surface area contributed by atoms with Crippen molar-refractivity contribution in [3.8, 4) is 0 Å². The standard InChI is InChI=1S/C83H162O17P2/c1-7-9-11-13-15-17-19-21-23-25-27-28-29-31-33-35-37-42-48-55-61-67-82(87)99-78(71-93-80(85)65-59-53-47-41-36-34-32-30-26-24-22-20-18-16-14-12-10-8-2)73-97-101(89,90)95-69-77(84)70-96-102(91,92)98-74-79(72-94-81(86)66-60-54-50-44-46-52-58-64-76(5)6)100-83(88)68-62-56-49-43-39-38-40-45-51-57-63-75(3)4/h75-79,84H,7-74H2,1-6H3,(H,89,90)(H,91,92)/t77-,78-,79-/m1/s1. The number of carbonyl (C=O) groups excluding carboxylic acids is 4. The highest BCUT2D eigenvalue weighted by Gasteiger charge is 2.30. The summed E-state index contributed by atoms with van der Waals surface area (Å²) in [5.41, 5.74) is 0. The van der Waals surface area contributed by atoms with Gasteiger partial charge in [0.15, 0.2) is 12.2 Å². The fourth-order valence-electron chi connectivity index (χ4n) is 12.9. The highest BCUT2D eigenvalue weighted by atomic mass is 31.2. The minimum atomic E-state index is -4.96. The van der Waals surface area contributed by atoms with Crippen molar-refractivity contribution in [1.29, 1.82) is 0 Å². The van der Waals surface area contributed by atoms with Crippen LogP contribution >= 0.6 is 15.6 Å². The van der Waals surface area contributed by atoms with E-state index in [9.17, 15) is 43.2 Å². The van der Waals surface area contributed by atoms with Gasteiger partial charge in [0.2, 0.25) is 0 Å². The van der Waals surface area contributed by atoms with Crippen molar-refractivity contribution in [3.05, 3.63) is 0 Å². The van der Waals surface area contributed by atoms with Crippen LogP contribution in [0.3, 0.4) is 0 Å². The molecule has 19 heteroatoms. The second-order valence-corrected chi connectivity index (χ2v) is 33.7. The Morgan fingerprint density at radius 2 is 0.451 bits per heavy atom. The van der Waals surface area contributed by atoms with E-state index >= 15 is 0 Å². The van der Waals surface area contributed by atoms with Crippen molar-refractivity contribution >= 4 is 39.5 Å². The topological polar surface area (TPSA) is 237 Å². The first-order valence-corrected chi connectivity index (χ1v) is 46.0. The van der Waals surface area contributed by atoms with Crippen molar-refractivity contribution in [3.63, 3.8) is 0 Å². The second kappa shape index (κ2) is 74.5. The Morgan fingerprint density at radius 3 is 0.667 bits per heavy atom. The van der Waals surface area contributed by atoms with Crippen molar-refractivity contribution in [1.82, 2.24) is 0 Å². The van der Waals surface area contributed by atoms with E-state index < -0.39 is 97.5 Å². The summed E-state index contributed by atoms with van der Waals surface area (Å²) in [5, 5.41) is 10.6. The normalized spacial score (nSPS) is 13.9. The molecule has 0 heterocycles. The molecule has 0 aromatic rings. The van der Waals surface area contributed by atoms with Crippen LogP contribution in [-0.2, 0) is 65.4 Å². The van der Waals surface area contributed by atoms with Gasteiger partial charge in [0.25, 0.3) is 0 Å². The molecule has 3 N–H and O–H groups in total. The van der Waals surface area contributed by atoms with Crippen LogP contribution in [0.5, 0.6) is 0 Å². The molecular weight excluding hydrogens is 1330 g/mol. The number of hydrogen-bond acceptors (Lipinski definition) is 15. The van der Waals surface area contributed by atoms with Crippen LogP contribution in [0.15, 0.2) is 0 Å². The lowest BCUT2D eigenvalue weighted by atomic mass is 10.0. The summed E-state index contributed by atoms with van der Waals surface area (Å²) in [7, 11) is -9.92. The van der Waals surface area contributed by atoms with E-state index in [0.29, 0.717) is 31.6 Å². The first-order valence-electron chi connectivity index (χ1n) is 43.0. The predicted octanol–water partition coefficient (Wildman–Crippen LogP) is 25.1. The lowest BCUT2D eigenvalue weighted by molar-refractivity contribution is -0.161. The molecule has 0 aliphatic rings. The number of ether oxygens (including phenoxy) is 4. The van der Waals surface area contributed by atoms with Gasteiger partial charge in [-0.05, 0) is 37.5 Å². The summed E-state index contributed by atoms with van der Waals surface area (Å²) in [5.74, 6) is -0.652. The van der Waals surface area contributed by atoms with E-state index in [2.05, 4.69) is 41.5 Å². The highest BCUT2D eigenvalue weighted by molar-refractivity contribution is 7.47. The van der Waals surface area contributed by atoms with Crippen molar-refractivity contribution in [2.24, 2.45) is 11.8 Å². The Labute approximate surface area is 626 Å². The molecule has 102 heavy (non-hydrogen) atoms. The zero-order chi connectivity index (χ0) is 74.9. The number of phosphoric acid groups is 2. The minimum absolute atomic E-state index is 0.105. The number of phosphoric ester groups is 2. The average molecular weight is 1490 g/mol. The molecule has 0 spiro atoms. The van der Waals surface area contributed by atoms with Gasteiger partial charge in [-0.25, -0.2) is 9.13 Å². The third-order valence-corrected chi connectivity index (χ3v) is 21.4. The molecular formula is C83H162O17P2. The molecule has 0 saturated carbocycles. The lowest BCUT2D eigenvalue weighted by Gasteiger charge is -2.21. The summed E-state index contributed by atoms with van der Waals surface area (Å²) in [4.78, 5) is 73.1. The van der Waals surface area contributed by atoms with E-state index in [1.54, 1.807) is 0 Å².